The molecule has 0 aromatic heterocycles. The Bertz CT molecular complexity index is 374. The highest BCUT2D eigenvalue weighted by atomic mass is 16.6. The van der Waals surface area contributed by atoms with Crippen molar-refractivity contribution < 1.29 is 9.47 Å². The smallest absolute Gasteiger partial charge is 0.168 e. The highest BCUT2D eigenvalue weighted by Gasteiger charge is 2.16. The van der Waals surface area contributed by atoms with Crippen molar-refractivity contribution in [2.75, 3.05) is 19.8 Å². The molecule has 3 nitrogen and oxygen atoms in total. The molecule has 15 heavy (non-hydrogen) atoms. The first kappa shape index (κ1) is 10.1. The number of fused-ring (bicyclic) bond motifs is 1. The average Bonchev–Trinajstić information content (AvgIpc) is 2.28. The zero-order valence-electron chi connectivity index (χ0n) is 8.66. The summed E-state index contributed by atoms with van der Waals surface area (Å²) in [6, 6.07) is 5.85. The van der Waals surface area contributed by atoms with E-state index in [1.807, 2.05) is 18.2 Å². The number of ether oxygens (including phenoxy) is 2. The fourth-order valence-corrected chi connectivity index (χ4v) is 1.66. The molecule has 80 valence electrons. The molecule has 0 aliphatic carbocycles. The molecule has 0 atom stereocenters. The molecular weight excluding hydrogens is 190 g/mol. The van der Waals surface area contributed by atoms with E-state index in [0.717, 1.165) is 29.1 Å². The van der Waals surface area contributed by atoms with E-state index >= 15 is 0 Å². The van der Waals surface area contributed by atoms with Crippen molar-refractivity contribution in [3.05, 3.63) is 30.3 Å². The monoisotopic (exact) mass is 205 g/mol. The van der Waals surface area contributed by atoms with Gasteiger partial charge in [-0.15, -0.1) is 0 Å². The summed E-state index contributed by atoms with van der Waals surface area (Å²) in [5.74, 6) is 1.61. The minimum absolute atomic E-state index is 0.597. The molecule has 0 spiro atoms. The van der Waals surface area contributed by atoms with Crippen molar-refractivity contribution in [3.63, 3.8) is 0 Å². The maximum Gasteiger partial charge on any atom is 0.168 e. The van der Waals surface area contributed by atoms with Crippen LogP contribution in [-0.2, 0) is 0 Å². The lowest BCUT2D eigenvalue weighted by molar-refractivity contribution is 0.171. The van der Waals surface area contributed by atoms with E-state index in [9.17, 15) is 0 Å². The Hall–Kier alpha value is -1.48. The zero-order valence-corrected chi connectivity index (χ0v) is 8.66. The Labute approximate surface area is 89.5 Å². The van der Waals surface area contributed by atoms with E-state index in [4.69, 9.17) is 15.2 Å². The lowest BCUT2D eigenvalue weighted by Gasteiger charge is -2.21. The van der Waals surface area contributed by atoms with Crippen LogP contribution in [0.25, 0.3) is 5.57 Å². The van der Waals surface area contributed by atoms with Crippen LogP contribution in [0.1, 0.15) is 12.0 Å². The molecule has 0 saturated carbocycles. The van der Waals surface area contributed by atoms with Crippen molar-refractivity contribution in [3.8, 4) is 11.5 Å². The summed E-state index contributed by atoms with van der Waals surface area (Å²) in [6.45, 7) is 5.82. The van der Waals surface area contributed by atoms with Crippen LogP contribution in [0.3, 0.4) is 0 Å². The summed E-state index contributed by atoms with van der Waals surface area (Å²) in [7, 11) is 0. The molecule has 0 fully saturated rings. The van der Waals surface area contributed by atoms with Crippen molar-refractivity contribution in [1.29, 1.82) is 0 Å². The van der Waals surface area contributed by atoms with E-state index in [-0.39, 0.29) is 0 Å². The first-order valence-corrected chi connectivity index (χ1v) is 5.09. The molecule has 0 bridgehead atoms. The van der Waals surface area contributed by atoms with Gasteiger partial charge in [-0.3, -0.25) is 0 Å². The van der Waals surface area contributed by atoms with Gasteiger partial charge < -0.3 is 15.2 Å². The second kappa shape index (κ2) is 4.36. The van der Waals surface area contributed by atoms with Gasteiger partial charge in [0, 0.05) is 5.56 Å². The van der Waals surface area contributed by atoms with Crippen molar-refractivity contribution in [1.82, 2.24) is 0 Å². The van der Waals surface area contributed by atoms with Crippen LogP contribution in [0, 0.1) is 0 Å². The summed E-state index contributed by atoms with van der Waals surface area (Å²) in [4.78, 5) is 0. The lowest BCUT2D eigenvalue weighted by atomic mass is 10.0. The molecule has 1 aliphatic heterocycles. The number of rotatable bonds is 3. The van der Waals surface area contributed by atoms with Crippen LogP contribution in [0.2, 0.25) is 0 Å². The number of hydrogen-bond acceptors (Lipinski definition) is 3. The van der Waals surface area contributed by atoms with Gasteiger partial charge in [-0.05, 0) is 24.6 Å². The van der Waals surface area contributed by atoms with Crippen LogP contribution in [-0.4, -0.2) is 19.8 Å². The van der Waals surface area contributed by atoms with E-state index < -0.39 is 0 Å². The van der Waals surface area contributed by atoms with E-state index in [2.05, 4.69) is 6.58 Å². The lowest BCUT2D eigenvalue weighted by Crippen LogP contribution is -2.16. The number of para-hydroxylation sites is 1. The van der Waals surface area contributed by atoms with Crippen LogP contribution >= 0.6 is 0 Å². The molecule has 0 unspecified atom stereocenters. The van der Waals surface area contributed by atoms with Crippen molar-refractivity contribution in [2.24, 2.45) is 5.73 Å². The van der Waals surface area contributed by atoms with Gasteiger partial charge in [0.25, 0.3) is 0 Å². The molecule has 1 aromatic carbocycles. The standard InChI is InChI=1S/C12H15NO2/c1-9(5-6-13)10-3-2-4-11-12(10)15-8-7-14-11/h2-4H,1,5-8,13H2. The molecule has 3 heteroatoms. The second-order valence-electron chi connectivity index (χ2n) is 3.47. The molecule has 2 rings (SSSR count). The molecule has 1 heterocycles. The normalized spacial score (nSPS) is 13.7. The summed E-state index contributed by atoms with van der Waals surface area (Å²) < 4.78 is 11.1. The van der Waals surface area contributed by atoms with Gasteiger partial charge in [-0.25, -0.2) is 0 Å². The Kier molecular flexibility index (Phi) is 2.92. The molecule has 1 aromatic rings. The summed E-state index contributed by atoms with van der Waals surface area (Å²) in [5, 5.41) is 0. The van der Waals surface area contributed by atoms with Gasteiger partial charge in [0.1, 0.15) is 13.2 Å². The van der Waals surface area contributed by atoms with Gasteiger partial charge in [-0.1, -0.05) is 18.7 Å². The summed E-state index contributed by atoms with van der Waals surface area (Å²) >= 11 is 0. The average molecular weight is 205 g/mol. The highest BCUT2D eigenvalue weighted by Crippen LogP contribution is 2.37. The van der Waals surface area contributed by atoms with Crippen molar-refractivity contribution in [2.45, 2.75) is 6.42 Å². The SMILES string of the molecule is C=C(CCN)c1cccc2c1OCCO2. The van der Waals surface area contributed by atoms with Crippen LogP contribution in [0.4, 0.5) is 0 Å². The van der Waals surface area contributed by atoms with Gasteiger partial charge in [0.15, 0.2) is 11.5 Å². The predicted molar refractivity (Wildman–Crippen MR) is 60.1 cm³/mol. The third-order valence-electron chi connectivity index (χ3n) is 2.39. The van der Waals surface area contributed by atoms with E-state index in [1.54, 1.807) is 0 Å². The first-order chi connectivity index (χ1) is 7.33. The van der Waals surface area contributed by atoms with Crippen LogP contribution in [0.15, 0.2) is 24.8 Å². The summed E-state index contributed by atoms with van der Waals surface area (Å²) in [6.07, 6.45) is 0.778. The second-order valence-corrected chi connectivity index (χ2v) is 3.47. The van der Waals surface area contributed by atoms with Crippen LogP contribution < -0.4 is 15.2 Å². The maximum atomic E-state index is 5.60. The number of hydrogen-bond donors (Lipinski definition) is 1. The summed E-state index contributed by atoms with van der Waals surface area (Å²) in [5.41, 5.74) is 7.52. The van der Waals surface area contributed by atoms with Gasteiger partial charge >= 0.3 is 0 Å². The molecule has 0 saturated heterocycles. The molecular formula is C12H15NO2. The van der Waals surface area contributed by atoms with Crippen LogP contribution in [0.5, 0.6) is 11.5 Å². The fourth-order valence-electron chi connectivity index (χ4n) is 1.66. The molecule has 0 radical (unpaired) electrons. The first-order valence-electron chi connectivity index (χ1n) is 5.09. The van der Waals surface area contributed by atoms with Crippen molar-refractivity contribution >= 4 is 5.57 Å². The largest absolute Gasteiger partial charge is 0.486 e. The van der Waals surface area contributed by atoms with Gasteiger partial charge in [0.2, 0.25) is 0 Å². The third kappa shape index (κ3) is 1.97. The Balaban J connectivity index is 2.34. The fraction of sp³-hybridized carbons (Fsp3) is 0.333. The molecule has 2 N–H and O–H groups in total. The number of benzene rings is 1. The highest BCUT2D eigenvalue weighted by molar-refractivity contribution is 5.71. The van der Waals surface area contributed by atoms with E-state index in [0.29, 0.717) is 19.8 Å². The molecule has 1 aliphatic rings. The predicted octanol–water partition coefficient (Wildman–Crippen LogP) is 1.82. The third-order valence-corrected chi connectivity index (χ3v) is 2.39. The minimum Gasteiger partial charge on any atom is -0.486 e. The molecule has 0 amide bonds. The quantitative estimate of drug-likeness (QED) is 0.818. The minimum atomic E-state index is 0.597. The topological polar surface area (TPSA) is 44.5 Å². The Morgan fingerprint density at radius 2 is 2.13 bits per heavy atom. The Morgan fingerprint density at radius 3 is 2.93 bits per heavy atom. The van der Waals surface area contributed by atoms with Gasteiger partial charge in [0.05, 0.1) is 0 Å². The number of nitrogens with two attached hydrogens (primary N) is 1. The Morgan fingerprint density at radius 1 is 1.33 bits per heavy atom. The van der Waals surface area contributed by atoms with Gasteiger partial charge in [-0.2, -0.15) is 0 Å². The maximum absolute atomic E-state index is 5.60. The zero-order chi connectivity index (χ0) is 10.7. The van der Waals surface area contributed by atoms with E-state index in [1.165, 1.54) is 0 Å².